The van der Waals surface area contributed by atoms with Crippen LogP contribution in [-0.2, 0) is 4.79 Å². The Hall–Kier alpha value is -3.73. The number of hydrogen-bond acceptors (Lipinski definition) is 5. The highest BCUT2D eigenvalue weighted by Crippen LogP contribution is 2.28. The number of aromatic amines is 2. The average Bonchev–Trinajstić information content (AvgIpc) is 3.00. The van der Waals surface area contributed by atoms with Crippen molar-refractivity contribution in [3.05, 3.63) is 52.4 Å². The largest absolute Gasteiger partial charge is 0.490 e. The molecule has 26 heavy (non-hydrogen) atoms. The maximum atomic E-state index is 12.1. The van der Waals surface area contributed by atoms with E-state index in [1.165, 1.54) is 0 Å². The van der Waals surface area contributed by atoms with Crippen molar-refractivity contribution in [2.45, 2.75) is 6.92 Å². The van der Waals surface area contributed by atoms with Crippen LogP contribution >= 0.6 is 0 Å². The number of hydrogen-bond donors (Lipinski definition) is 3. The van der Waals surface area contributed by atoms with E-state index < -0.39 is 0 Å². The number of nitrogens with one attached hydrogen (secondary N) is 3. The minimum Gasteiger partial charge on any atom is -0.490 e. The van der Waals surface area contributed by atoms with Crippen molar-refractivity contribution >= 4 is 22.6 Å². The van der Waals surface area contributed by atoms with Crippen molar-refractivity contribution in [1.29, 1.82) is 5.26 Å². The molecule has 3 aromatic rings. The molecule has 1 aromatic heterocycles. The van der Waals surface area contributed by atoms with Crippen LogP contribution < -0.4 is 20.5 Å². The Kier molecular flexibility index (Phi) is 4.90. The third kappa shape index (κ3) is 3.84. The van der Waals surface area contributed by atoms with Crippen molar-refractivity contribution in [3.63, 3.8) is 0 Å². The molecule has 0 aliphatic rings. The maximum absolute atomic E-state index is 12.1. The normalized spacial score (nSPS) is 10.3. The van der Waals surface area contributed by atoms with Gasteiger partial charge >= 0.3 is 5.69 Å². The van der Waals surface area contributed by atoms with Crippen molar-refractivity contribution in [3.8, 4) is 17.6 Å². The molecule has 132 valence electrons. The van der Waals surface area contributed by atoms with E-state index in [1.807, 2.05) is 13.0 Å². The molecule has 0 bridgehead atoms. The zero-order valence-electron chi connectivity index (χ0n) is 14.0. The molecular formula is C18H16N4O4. The highest BCUT2D eigenvalue weighted by atomic mass is 16.5. The van der Waals surface area contributed by atoms with Crippen LogP contribution in [0.25, 0.3) is 11.0 Å². The summed E-state index contributed by atoms with van der Waals surface area (Å²) in [5, 5.41) is 11.6. The zero-order valence-corrected chi connectivity index (χ0v) is 14.0. The number of ether oxygens (including phenoxy) is 2. The Morgan fingerprint density at radius 1 is 1.12 bits per heavy atom. The molecule has 0 saturated carbocycles. The second-order valence-electron chi connectivity index (χ2n) is 5.38. The van der Waals surface area contributed by atoms with Gasteiger partial charge in [-0.2, -0.15) is 5.26 Å². The first kappa shape index (κ1) is 17.1. The molecule has 3 rings (SSSR count). The molecule has 0 aliphatic heterocycles. The number of rotatable bonds is 6. The molecule has 0 atom stereocenters. The predicted molar refractivity (Wildman–Crippen MR) is 95.4 cm³/mol. The van der Waals surface area contributed by atoms with Gasteiger partial charge in [0.2, 0.25) is 0 Å². The lowest BCUT2D eigenvalue weighted by atomic mass is 10.2. The number of fused-ring (bicyclic) bond motifs is 1. The Balaban J connectivity index is 1.66. The van der Waals surface area contributed by atoms with Crippen LogP contribution in [0.4, 0.5) is 5.69 Å². The summed E-state index contributed by atoms with van der Waals surface area (Å²) in [6, 6.07) is 11.8. The standard InChI is InChI=1S/C18H16N4O4/c1-2-25-16-7-11(9-19)3-6-15(16)26-10-17(23)20-12-4-5-13-14(8-12)22-18(24)21-13/h3-8H,2,10H2,1H3,(H,20,23)(H2,21,22,24). The minimum atomic E-state index is -0.367. The summed E-state index contributed by atoms with van der Waals surface area (Å²) in [6.07, 6.45) is 0. The number of imidazole rings is 1. The van der Waals surface area contributed by atoms with Gasteiger partial charge in [-0.05, 0) is 37.3 Å². The van der Waals surface area contributed by atoms with Crippen LogP contribution in [0.3, 0.4) is 0 Å². The fourth-order valence-electron chi connectivity index (χ4n) is 2.42. The lowest BCUT2D eigenvalue weighted by Crippen LogP contribution is -2.20. The molecule has 1 amide bonds. The summed E-state index contributed by atoms with van der Waals surface area (Å²) in [4.78, 5) is 28.6. The van der Waals surface area contributed by atoms with Gasteiger partial charge in [0.25, 0.3) is 5.91 Å². The first-order valence-corrected chi connectivity index (χ1v) is 7.90. The van der Waals surface area contributed by atoms with Crippen molar-refractivity contribution in [1.82, 2.24) is 9.97 Å². The molecule has 0 saturated heterocycles. The van der Waals surface area contributed by atoms with Gasteiger partial charge in [0.15, 0.2) is 18.1 Å². The third-order valence-corrected chi connectivity index (χ3v) is 3.53. The van der Waals surface area contributed by atoms with Gasteiger partial charge in [-0.15, -0.1) is 0 Å². The van der Waals surface area contributed by atoms with Gasteiger partial charge in [0.05, 0.1) is 29.3 Å². The molecule has 0 spiro atoms. The van der Waals surface area contributed by atoms with E-state index in [1.54, 1.807) is 36.4 Å². The second kappa shape index (κ2) is 7.44. The summed E-state index contributed by atoms with van der Waals surface area (Å²) in [6.45, 7) is 2.00. The number of benzene rings is 2. The van der Waals surface area contributed by atoms with E-state index in [-0.39, 0.29) is 18.2 Å². The molecule has 0 unspecified atom stereocenters. The number of H-pyrrole nitrogens is 2. The Morgan fingerprint density at radius 3 is 2.69 bits per heavy atom. The fraction of sp³-hybridized carbons (Fsp3) is 0.167. The molecule has 2 aromatic carbocycles. The van der Waals surface area contributed by atoms with Gasteiger partial charge in [-0.3, -0.25) is 4.79 Å². The molecule has 8 heteroatoms. The maximum Gasteiger partial charge on any atom is 0.323 e. The summed E-state index contributed by atoms with van der Waals surface area (Å²) in [7, 11) is 0. The topological polar surface area (TPSA) is 120 Å². The van der Waals surface area contributed by atoms with E-state index in [9.17, 15) is 9.59 Å². The van der Waals surface area contributed by atoms with Crippen LogP contribution in [0.15, 0.2) is 41.2 Å². The molecule has 0 fully saturated rings. The van der Waals surface area contributed by atoms with Crippen molar-refractivity contribution in [2.75, 3.05) is 18.5 Å². The first-order chi connectivity index (χ1) is 12.6. The number of amides is 1. The van der Waals surface area contributed by atoms with Gasteiger partial charge in [-0.25, -0.2) is 4.79 Å². The smallest absolute Gasteiger partial charge is 0.323 e. The molecular weight excluding hydrogens is 336 g/mol. The Bertz CT molecular complexity index is 1050. The van der Waals surface area contributed by atoms with Crippen LogP contribution in [0.5, 0.6) is 11.5 Å². The summed E-state index contributed by atoms with van der Waals surface area (Å²) in [5.74, 6) is 0.422. The number of carbonyl (C=O) groups is 1. The van der Waals surface area contributed by atoms with Crippen molar-refractivity contribution < 1.29 is 14.3 Å². The van der Waals surface area contributed by atoms with Crippen molar-refractivity contribution in [2.24, 2.45) is 0 Å². The van der Waals surface area contributed by atoms with Gasteiger partial charge < -0.3 is 24.8 Å². The average molecular weight is 352 g/mol. The molecule has 3 N–H and O–H groups in total. The third-order valence-electron chi connectivity index (χ3n) is 3.53. The molecule has 0 radical (unpaired) electrons. The van der Waals surface area contributed by atoms with E-state index >= 15 is 0 Å². The van der Waals surface area contributed by atoms with E-state index in [2.05, 4.69) is 15.3 Å². The van der Waals surface area contributed by atoms with Crippen LogP contribution in [-0.4, -0.2) is 29.1 Å². The fourth-order valence-corrected chi connectivity index (χ4v) is 2.42. The van der Waals surface area contributed by atoms with Gasteiger partial charge in [0, 0.05) is 11.8 Å². The Morgan fingerprint density at radius 2 is 1.92 bits per heavy atom. The van der Waals surface area contributed by atoms with Crippen LogP contribution in [0.1, 0.15) is 12.5 Å². The van der Waals surface area contributed by atoms with E-state index in [0.717, 1.165) is 0 Å². The second-order valence-corrected chi connectivity index (χ2v) is 5.38. The quantitative estimate of drug-likeness (QED) is 0.628. The molecule has 8 nitrogen and oxygen atoms in total. The number of nitrogens with zero attached hydrogens (tertiary/aromatic N) is 1. The number of anilines is 1. The monoisotopic (exact) mass is 352 g/mol. The van der Waals surface area contributed by atoms with E-state index in [4.69, 9.17) is 14.7 Å². The summed E-state index contributed by atoms with van der Waals surface area (Å²) < 4.78 is 10.9. The number of aromatic nitrogens is 2. The predicted octanol–water partition coefficient (Wildman–Crippen LogP) is 2.14. The first-order valence-electron chi connectivity index (χ1n) is 7.90. The van der Waals surface area contributed by atoms with Gasteiger partial charge in [-0.1, -0.05) is 0 Å². The Labute approximate surface area is 148 Å². The van der Waals surface area contributed by atoms with E-state index in [0.29, 0.717) is 40.4 Å². The van der Waals surface area contributed by atoms with Gasteiger partial charge in [0.1, 0.15) is 0 Å². The lowest BCUT2D eigenvalue weighted by Gasteiger charge is -2.12. The minimum absolute atomic E-state index is 0.229. The number of carbonyl (C=O) groups excluding carboxylic acids is 1. The molecule has 1 heterocycles. The highest BCUT2D eigenvalue weighted by Gasteiger charge is 2.10. The lowest BCUT2D eigenvalue weighted by molar-refractivity contribution is -0.118. The zero-order chi connectivity index (χ0) is 18.5. The number of nitriles is 1. The summed E-state index contributed by atoms with van der Waals surface area (Å²) >= 11 is 0. The molecule has 0 aliphatic carbocycles. The summed E-state index contributed by atoms with van der Waals surface area (Å²) in [5.41, 5.74) is 1.92. The van der Waals surface area contributed by atoms with Crippen LogP contribution in [0.2, 0.25) is 0 Å². The highest BCUT2D eigenvalue weighted by molar-refractivity contribution is 5.93. The van der Waals surface area contributed by atoms with Crippen LogP contribution in [0, 0.1) is 11.3 Å². The SMILES string of the molecule is CCOc1cc(C#N)ccc1OCC(=O)Nc1ccc2[nH]c(=O)[nH]c2c1.